The quantitative estimate of drug-likeness (QED) is 0.187. The van der Waals surface area contributed by atoms with Crippen LogP contribution in [0.1, 0.15) is 112 Å². The average Bonchev–Trinajstić information content (AvgIpc) is 3.93. The van der Waals surface area contributed by atoms with E-state index in [4.69, 9.17) is 9.84 Å². The number of rotatable bonds is 10. The molecule has 5 aliphatic rings. The third-order valence-electron chi connectivity index (χ3n) is 12.8. The Morgan fingerprint density at radius 1 is 1.02 bits per heavy atom. The molecule has 3 aliphatic heterocycles. The van der Waals surface area contributed by atoms with Crippen molar-refractivity contribution in [3.63, 3.8) is 0 Å². The van der Waals surface area contributed by atoms with Crippen molar-refractivity contribution in [3.05, 3.63) is 76.2 Å². The van der Waals surface area contributed by atoms with Crippen LogP contribution in [-0.4, -0.2) is 80.8 Å². The van der Waals surface area contributed by atoms with Crippen molar-refractivity contribution < 1.29 is 23.5 Å². The molecule has 1 aromatic carbocycles. The molecule has 0 bridgehead atoms. The molecule has 2 N–H and O–H groups in total. The minimum atomic E-state index is -0.547. The van der Waals surface area contributed by atoms with Gasteiger partial charge in [-0.25, -0.2) is 9.37 Å². The summed E-state index contributed by atoms with van der Waals surface area (Å²) in [4.78, 5) is 59.5. The maximum absolute atomic E-state index is 15.3. The number of pyridine rings is 2. The minimum Gasteiger partial charge on any atom is -0.490 e. The summed E-state index contributed by atoms with van der Waals surface area (Å²) in [7, 11) is 0. The molecule has 300 valence electrons. The van der Waals surface area contributed by atoms with Crippen LogP contribution >= 0.6 is 0 Å². The van der Waals surface area contributed by atoms with E-state index >= 15 is 4.39 Å². The van der Waals surface area contributed by atoms with Crippen molar-refractivity contribution in [1.29, 1.82) is 0 Å². The molecule has 1 spiro atoms. The van der Waals surface area contributed by atoms with Gasteiger partial charge in [0.25, 0.3) is 11.5 Å². The van der Waals surface area contributed by atoms with Gasteiger partial charge >= 0.3 is 0 Å². The number of piperidine rings is 2. The van der Waals surface area contributed by atoms with E-state index in [9.17, 15) is 19.2 Å². The van der Waals surface area contributed by atoms with Gasteiger partial charge in [0.1, 0.15) is 11.4 Å². The van der Waals surface area contributed by atoms with Crippen molar-refractivity contribution in [1.82, 2.24) is 29.5 Å². The Labute approximate surface area is 330 Å². The van der Waals surface area contributed by atoms with Crippen molar-refractivity contribution in [2.45, 2.75) is 102 Å². The number of likely N-dealkylation sites (tertiary alicyclic amines) is 1. The largest absolute Gasteiger partial charge is 0.490 e. The molecule has 3 aromatic heterocycles. The van der Waals surface area contributed by atoms with Crippen LogP contribution in [0.15, 0.2) is 53.7 Å². The van der Waals surface area contributed by atoms with Gasteiger partial charge in [0.15, 0.2) is 11.6 Å². The molecular weight excluding hydrogens is 728 g/mol. The molecule has 2 aliphatic carbocycles. The number of imide groups is 1. The number of carbonyl (C=O) groups excluding carboxylic acids is 3. The molecule has 13 nitrogen and oxygen atoms in total. The number of anilines is 2. The lowest BCUT2D eigenvalue weighted by Gasteiger charge is -2.55. The van der Waals surface area contributed by atoms with Gasteiger partial charge in [-0.05, 0) is 113 Å². The predicted octanol–water partition coefficient (Wildman–Crippen LogP) is 5.96. The summed E-state index contributed by atoms with van der Waals surface area (Å²) in [5, 5.41) is 11.0. The first-order valence-electron chi connectivity index (χ1n) is 20.7. The van der Waals surface area contributed by atoms with Crippen LogP contribution in [0.25, 0.3) is 10.9 Å². The van der Waals surface area contributed by atoms with Crippen LogP contribution in [0, 0.1) is 17.2 Å². The zero-order valence-electron chi connectivity index (χ0n) is 32.7. The molecule has 9 rings (SSSR count). The second-order valence-electron chi connectivity index (χ2n) is 17.4. The lowest BCUT2D eigenvalue weighted by atomic mass is 9.71. The Bertz CT molecular complexity index is 2260. The number of ether oxygens (including phenoxy) is 1. The monoisotopic (exact) mass is 778 g/mol. The summed E-state index contributed by atoms with van der Waals surface area (Å²) >= 11 is 0. The number of amides is 3. The van der Waals surface area contributed by atoms with E-state index in [2.05, 4.69) is 25.2 Å². The third-order valence-corrected chi connectivity index (χ3v) is 12.8. The number of hydrogen-bond acceptors (Lipinski definition) is 9. The number of hydrogen-bond donors (Lipinski definition) is 2. The average molecular weight is 779 g/mol. The van der Waals surface area contributed by atoms with Crippen LogP contribution in [0.5, 0.6) is 5.75 Å². The number of halogens is 1. The van der Waals surface area contributed by atoms with E-state index in [-0.39, 0.29) is 59.0 Å². The summed E-state index contributed by atoms with van der Waals surface area (Å²) in [6, 6.07) is 9.03. The second-order valence-corrected chi connectivity index (χ2v) is 17.4. The third kappa shape index (κ3) is 7.68. The van der Waals surface area contributed by atoms with Crippen LogP contribution in [0.2, 0.25) is 0 Å². The molecule has 6 heterocycles. The summed E-state index contributed by atoms with van der Waals surface area (Å²) in [5.41, 5.74) is 2.02. The van der Waals surface area contributed by atoms with E-state index in [1.807, 2.05) is 37.1 Å². The molecule has 57 heavy (non-hydrogen) atoms. The van der Waals surface area contributed by atoms with Gasteiger partial charge in [-0.1, -0.05) is 0 Å². The van der Waals surface area contributed by atoms with Crippen LogP contribution in [0.3, 0.4) is 0 Å². The van der Waals surface area contributed by atoms with E-state index in [1.54, 1.807) is 29.1 Å². The highest BCUT2D eigenvalue weighted by Gasteiger charge is 2.46. The molecule has 0 radical (unpaired) electrons. The molecule has 5 fully saturated rings. The molecule has 3 amide bonds. The lowest BCUT2D eigenvalue weighted by Crippen LogP contribution is -2.61. The smallest absolute Gasteiger partial charge is 0.274 e. The van der Waals surface area contributed by atoms with Crippen molar-refractivity contribution in [2.75, 3.05) is 42.9 Å². The van der Waals surface area contributed by atoms with Gasteiger partial charge in [-0.3, -0.25) is 29.2 Å². The summed E-state index contributed by atoms with van der Waals surface area (Å²) in [6.07, 6.45) is 14.2. The molecule has 0 unspecified atom stereocenters. The van der Waals surface area contributed by atoms with E-state index < -0.39 is 11.7 Å². The van der Waals surface area contributed by atoms with Gasteiger partial charge in [0.2, 0.25) is 11.8 Å². The first kappa shape index (κ1) is 37.5. The fraction of sp³-hybridized carbons (Fsp3) is 0.535. The van der Waals surface area contributed by atoms with Gasteiger partial charge in [0, 0.05) is 75.2 Å². The molecular formula is C43H51FN8O5. The summed E-state index contributed by atoms with van der Waals surface area (Å²) in [5.74, 6) is -0.584. The summed E-state index contributed by atoms with van der Waals surface area (Å²) in [6.45, 7) is 8.61. The SMILES string of the molecule is CC(C)Oc1cc2nn(C3CCC(CN4CC5(CCN(c6ncc([C@H]7CCC(=O)NC7=O)cc6F)CC5)C4)CC3)cc2cc1C(=O)Nc1cccn(C2CC2)c1=O. The number of fused-ring (bicyclic) bond motifs is 1. The molecule has 3 saturated heterocycles. The van der Waals surface area contributed by atoms with E-state index in [0.29, 0.717) is 35.0 Å². The first-order valence-corrected chi connectivity index (χ1v) is 20.7. The number of nitrogens with one attached hydrogen (secondary N) is 2. The Morgan fingerprint density at radius 3 is 2.47 bits per heavy atom. The second kappa shape index (κ2) is 15.0. The van der Waals surface area contributed by atoms with Crippen molar-refractivity contribution in [3.8, 4) is 5.75 Å². The molecule has 1 atom stereocenters. The minimum absolute atomic E-state index is 0.149. The van der Waals surface area contributed by atoms with Crippen LogP contribution in [-0.2, 0) is 9.59 Å². The van der Waals surface area contributed by atoms with Gasteiger partial charge in [0.05, 0.1) is 29.1 Å². The Hall–Kier alpha value is -5.11. The molecule has 14 heteroatoms. The van der Waals surface area contributed by atoms with Gasteiger partial charge in [-0.15, -0.1) is 0 Å². The van der Waals surface area contributed by atoms with Gasteiger partial charge in [-0.2, -0.15) is 5.10 Å². The molecule has 2 saturated carbocycles. The van der Waals surface area contributed by atoms with Crippen molar-refractivity contribution >= 4 is 40.1 Å². The fourth-order valence-corrected chi connectivity index (χ4v) is 9.60. The standard InChI is InChI=1S/C43H51FN8O5/c1-26(2)57-37-20-36-29(18-33(37)41(55)46-35-4-3-15-51(42(35)56)30-9-10-30)23-52(48-36)31-7-5-27(6-8-31)22-49-24-43(25-49)13-16-50(17-14-43)39-34(44)19-28(21-45-39)32-11-12-38(53)47-40(32)54/h3-4,15,18-21,23,26-27,30-32H,5-14,16-17,22,24-25H2,1-2H3,(H,46,55)(H,47,53,54)/t27?,31?,32-/m1/s1. The number of benzene rings is 1. The summed E-state index contributed by atoms with van der Waals surface area (Å²) < 4.78 is 25.1. The Kier molecular flexibility index (Phi) is 9.86. The maximum atomic E-state index is 15.3. The highest BCUT2D eigenvalue weighted by molar-refractivity contribution is 6.08. The zero-order valence-corrected chi connectivity index (χ0v) is 32.7. The van der Waals surface area contributed by atoms with Gasteiger partial charge < -0.3 is 24.4 Å². The lowest BCUT2D eigenvalue weighted by molar-refractivity contribution is -0.134. The normalized spacial score (nSPS) is 23.8. The highest BCUT2D eigenvalue weighted by Crippen LogP contribution is 2.43. The number of aromatic nitrogens is 4. The number of nitrogens with zero attached hydrogens (tertiary/aromatic N) is 6. The highest BCUT2D eigenvalue weighted by atomic mass is 19.1. The maximum Gasteiger partial charge on any atom is 0.274 e. The number of carbonyl (C=O) groups is 3. The molecule has 4 aromatic rings. The van der Waals surface area contributed by atoms with Crippen molar-refractivity contribution in [2.24, 2.45) is 11.3 Å². The topological polar surface area (TPSA) is 144 Å². The fourth-order valence-electron chi connectivity index (χ4n) is 9.60. The van der Waals surface area contributed by atoms with E-state index in [1.165, 1.54) is 6.07 Å². The van der Waals surface area contributed by atoms with Crippen LogP contribution < -0.4 is 25.8 Å². The first-order chi connectivity index (χ1) is 27.5. The predicted molar refractivity (Wildman–Crippen MR) is 213 cm³/mol. The Morgan fingerprint density at radius 2 is 1.77 bits per heavy atom. The Balaban J connectivity index is 0.773. The zero-order chi connectivity index (χ0) is 39.4. The van der Waals surface area contributed by atoms with Crippen LogP contribution in [0.4, 0.5) is 15.9 Å². The van der Waals surface area contributed by atoms with E-state index in [0.717, 1.165) is 95.0 Å².